The number of sulfonamides is 1. The van der Waals surface area contributed by atoms with Gasteiger partial charge in [0.15, 0.2) is 0 Å². The van der Waals surface area contributed by atoms with Gasteiger partial charge >= 0.3 is 5.97 Å². The van der Waals surface area contributed by atoms with E-state index >= 15 is 0 Å². The molecule has 0 aliphatic carbocycles. The zero-order valence-corrected chi connectivity index (χ0v) is 22.6. The Hall–Kier alpha value is -4.79. The van der Waals surface area contributed by atoms with Gasteiger partial charge in [0.25, 0.3) is 5.91 Å². The number of fused-ring (bicyclic) bond motifs is 1. The number of nitrogens with one attached hydrogen (secondary N) is 3. The van der Waals surface area contributed by atoms with Gasteiger partial charge in [-0.3, -0.25) is 9.59 Å². The highest BCUT2D eigenvalue weighted by Crippen LogP contribution is 2.22. The third kappa shape index (κ3) is 7.19. The van der Waals surface area contributed by atoms with Crippen molar-refractivity contribution in [2.75, 3.05) is 26.1 Å². The Morgan fingerprint density at radius 3 is 2.38 bits per heavy atom. The van der Waals surface area contributed by atoms with Gasteiger partial charge in [0.2, 0.25) is 10.0 Å². The predicted molar refractivity (Wildman–Crippen MR) is 150 cm³/mol. The van der Waals surface area contributed by atoms with Crippen LogP contribution in [0.2, 0.25) is 0 Å². The van der Waals surface area contributed by atoms with E-state index in [1.54, 1.807) is 37.4 Å². The molecule has 0 saturated heterocycles. The van der Waals surface area contributed by atoms with E-state index in [4.69, 9.17) is 14.2 Å². The monoisotopic (exact) mass is 561 g/mol. The first-order valence-corrected chi connectivity index (χ1v) is 13.6. The van der Waals surface area contributed by atoms with E-state index < -0.39 is 27.9 Å². The number of H-pyrrole nitrogens is 1. The van der Waals surface area contributed by atoms with Gasteiger partial charge in [-0.1, -0.05) is 30.0 Å². The summed E-state index contributed by atoms with van der Waals surface area (Å²) in [4.78, 5) is 27.9. The van der Waals surface area contributed by atoms with Crippen LogP contribution in [0, 0.1) is 11.8 Å². The molecule has 0 bridgehead atoms. The van der Waals surface area contributed by atoms with Gasteiger partial charge in [-0.25, -0.2) is 8.42 Å². The number of aromatic amines is 1. The molecule has 0 aliphatic heterocycles. The van der Waals surface area contributed by atoms with E-state index in [1.165, 1.54) is 24.3 Å². The number of methoxy groups -OCH3 is 2. The van der Waals surface area contributed by atoms with E-state index in [0.717, 1.165) is 18.0 Å². The number of hydrogen-bond acceptors (Lipinski definition) is 7. The zero-order chi connectivity index (χ0) is 28.5. The maximum atomic E-state index is 12.9. The number of carbonyl (C=O) groups excluding carboxylic acids is 2. The molecule has 4 aromatic rings. The molecule has 11 heteroatoms. The molecule has 4 rings (SSSR count). The molecule has 1 heterocycles. The first kappa shape index (κ1) is 28.2. The number of ether oxygens (including phenoxy) is 3. The quantitative estimate of drug-likeness (QED) is 0.198. The number of benzene rings is 3. The van der Waals surface area contributed by atoms with Gasteiger partial charge in [0.05, 0.1) is 19.1 Å². The van der Waals surface area contributed by atoms with Crippen LogP contribution in [0.25, 0.3) is 10.9 Å². The molecular weight excluding hydrogens is 534 g/mol. The van der Waals surface area contributed by atoms with Gasteiger partial charge in [-0.15, -0.1) is 0 Å². The highest BCUT2D eigenvalue weighted by molar-refractivity contribution is 7.89. The Morgan fingerprint density at radius 2 is 1.68 bits per heavy atom. The Kier molecular flexibility index (Phi) is 9.06. The fourth-order valence-electron chi connectivity index (χ4n) is 3.71. The summed E-state index contributed by atoms with van der Waals surface area (Å²) in [6.07, 6.45) is -0.116. The Morgan fingerprint density at radius 1 is 0.925 bits per heavy atom. The molecule has 1 atom stereocenters. The average Bonchev–Trinajstić information content (AvgIpc) is 3.40. The summed E-state index contributed by atoms with van der Waals surface area (Å²) in [6.45, 7) is 0.0740. The molecule has 3 N–H and O–H groups in total. The molecule has 1 amide bonds. The minimum atomic E-state index is -4.10. The zero-order valence-electron chi connectivity index (χ0n) is 21.8. The molecule has 0 spiro atoms. The lowest BCUT2D eigenvalue weighted by atomic mass is 10.2. The SMILES string of the molecule is COC(=O)C(CC#CCOc1ccccc1)NS(=O)(=O)c1ccc(NC(=O)c2cc3cc(OC)ccc3[nH]2)cc1. The summed E-state index contributed by atoms with van der Waals surface area (Å²) >= 11 is 0. The third-order valence-electron chi connectivity index (χ3n) is 5.76. The second-order valence-corrected chi connectivity index (χ2v) is 10.2. The van der Waals surface area contributed by atoms with Crippen molar-refractivity contribution in [2.45, 2.75) is 17.4 Å². The second-order valence-electron chi connectivity index (χ2n) is 8.47. The van der Waals surface area contributed by atoms with Crippen molar-refractivity contribution in [3.63, 3.8) is 0 Å². The molecule has 3 aromatic carbocycles. The van der Waals surface area contributed by atoms with Crippen molar-refractivity contribution in [3.05, 3.63) is 84.6 Å². The molecule has 0 aliphatic rings. The molecule has 0 fully saturated rings. The standard InChI is InChI=1S/C29H27N3O7S/c1-37-23-13-16-25-20(18-23)19-27(31-25)28(33)30-21-11-14-24(15-12-21)40(35,36)32-26(29(34)38-2)10-6-7-17-39-22-8-4-3-5-9-22/h3-5,8-9,11-16,18-19,26,31-32H,10,17H2,1-2H3,(H,30,33). The van der Waals surface area contributed by atoms with E-state index in [1.807, 2.05) is 24.3 Å². The van der Waals surface area contributed by atoms with Crippen LogP contribution in [0.5, 0.6) is 11.5 Å². The Balaban J connectivity index is 1.38. The summed E-state index contributed by atoms with van der Waals surface area (Å²) in [7, 11) is -1.38. The minimum absolute atomic E-state index is 0.0740. The lowest BCUT2D eigenvalue weighted by molar-refractivity contribution is -0.142. The topological polar surface area (TPSA) is 136 Å². The molecular formula is C29H27N3O7S. The van der Waals surface area contributed by atoms with E-state index in [9.17, 15) is 18.0 Å². The summed E-state index contributed by atoms with van der Waals surface area (Å²) in [6, 6.07) is 20.5. The first-order valence-electron chi connectivity index (χ1n) is 12.1. The number of rotatable bonds is 10. The molecule has 10 nitrogen and oxygen atoms in total. The molecule has 206 valence electrons. The van der Waals surface area contributed by atoms with E-state index in [2.05, 4.69) is 26.9 Å². The Labute approximate surface area is 231 Å². The molecule has 0 radical (unpaired) electrons. The molecule has 1 unspecified atom stereocenters. The summed E-state index contributed by atoms with van der Waals surface area (Å²) in [5, 5.41) is 3.54. The number of amides is 1. The molecule has 40 heavy (non-hydrogen) atoms. The van der Waals surface area contributed by atoms with E-state index in [0.29, 0.717) is 22.9 Å². The highest BCUT2D eigenvalue weighted by Gasteiger charge is 2.26. The van der Waals surface area contributed by atoms with Crippen molar-refractivity contribution in [2.24, 2.45) is 0 Å². The van der Waals surface area contributed by atoms with Gasteiger partial charge in [0.1, 0.15) is 29.8 Å². The lowest BCUT2D eigenvalue weighted by Crippen LogP contribution is -2.41. The average molecular weight is 562 g/mol. The third-order valence-corrected chi connectivity index (χ3v) is 7.25. The van der Waals surface area contributed by atoms with Crippen LogP contribution < -0.4 is 19.5 Å². The van der Waals surface area contributed by atoms with Gasteiger partial charge in [-0.05, 0) is 60.7 Å². The van der Waals surface area contributed by atoms with Gasteiger partial charge in [0, 0.05) is 23.0 Å². The molecule has 1 aromatic heterocycles. The van der Waals surface area contributed by atoms with Crippen LogP contribution in [0.15, 0.2) is 83.8 Å². The van der Waals surface area contributed by atoms with Crippen LogP contribution in [0.3, 0.4) is 0 Å². The number of carbonyl (C=O) groups is 2. The summed E-state index contributed by atoms with van der Waals surface area (Å²) in [5.41, 5.74) is 1.49. The molecule has 0 saturated carbocycles. The van der Waals surface area contributed by atoms with E-state index in [-0.39, 0.29) is 17.9 Å². The smallest absolute Gasteiger partial charge is 0.324 e. The van der Waals surface area contributed by atoms with Crippen molar-refractivity contribution in [3.8, 4) is 23.3 Å². The van der Waals surface area contributed by atoms with Gasteiger partial charge in [-0.2, -0.15) is 4.72 Å². The summed E-state index contributed by atoms with van der Waals surface area (Å²) < 4.78 is 43.6. The van der Waals surface area contributed by atoms with Crippen molar-refractivity contribution in [1.29, 1.82) is 0 Å². The van der Waals surface area contributed by atoms with Crippen molar-refractivity contribution >= 4 is 38.5 Å². The number of anilines is 1. The largest absolute Gasteiger partial charge is 0.497 e. The predicted octanol–water partition coefficient (Wildman–Crippen LogP) is 3.72. The van der Waals surface area contributed by atoms with Crippen LogP contribution >= 0.6 is 0 Å². The maximum Gasteiger partial charge on any atom is 0.324 e. The first-order chi connectivity index (χ1) is 19.3. The highest BCUT2D eigenvalue weighted by atomic mass is 32.2. The van der Waals surface area contributed by atoms with Gasteiger partial charge < -0.3 is 24.5 Å². The van der Waals surface area contributed by atoms with Crippen LogP contribution in [0.1, 0.15) is 16.9 Å². The number of hydrogen-bond donors (Lipinski definition) is 3. The summed E-state index contributed by atoms with van der Waals surface area (Å²) in [5.74, 6) is 5.64. The fraction of sp³-hybridized carbons (Fsp3) is 0.172. The maximum absolute atomic E-state index is 12.9. The normalized spacial score (nSPS) is 11.7. The number of para-hydroxylation sites is 1. The fourth-order valence-corrected chi connectivity index (χ4v) is 4.89. The lowest BCUT2D eigenvalue weighted by Gasteiger charge is -2.14. The van der Waals surface area contributed by atoms with Crippen LogP contribution in [-0.2, 0) is 19.6 Å². The minimum Gasteiger partial charge on any atom is -0.497 e. The van der Waals surface area contributed by atoms with Crippen molar-refractivity contribution in [1.82, 2.24) is 9.71 Å². The van der Waals surface area contributed by atoms with Crippen molar-refractivity contribution < 1.29 is 32.2 Å². The second kappa shape index (κ2) is 12.8. The number of aromatic nitrogens is 1. The Bertz CT molecular complexity index is 1650. The number of esters is 1. The van der Waals surface area contributed by atoms with Crippen LogP contribution in [0.4, 0.5) is 5.69 Å². The van der Waals surface area contributed by atoms with Crippen LogP contribution in [-0.4, -0.2) is 52.1 Å².